The number of carbonyl (C=O) groups excluding carboxylic acids is 3. The topological polar surface area (TPSA) is 103 Å². The van der Waals surface area contributed by atoms with E-state index in [0.29, 0.717) is 55.1 Å². The third kappa shape index (κ3) is 4.60. The van der Waals surface area contributed by atoms with Gasteiger partial charge in [0.15, 0.2) is 5.82 Å². The molecule has 0 bridgehead atoms. The van der Waals surface area contributed by atoms with E-state index in [1.165, 1.54) is 11.0 Å². The normalized spacial score (nSPS) is 22.5. The van der Waals surface area contributed by atoms with Gasteiger partial charge in [-0.15, -0.1) is 0 Å². The van der Waals surface area contributed by atoms with Gasteiger partial charge in [0, 0.05) is 71.3 Å². The minimum Gasteiger partial charge on any atom is -0.375 e. The molecule has 0 atom stereocenters. The number of benzene rings is 1. The summed E-state index contributed by atoms with van der Waals surface area (Å²) in [7, 11) is 1.76. The van der Waals surface area contributed by atoms with E-state index in [-0.39, 0.29) is 36.2 Å². The molecule has 4 amide bonds. The van der Waals surface area contributed by atoms with E-state index in [0.717, 1.165) is 45.4 Å². The number of nitrogens with one attached hydrogen (secondary N) is 1. The third-order valence-electron chi connectivity index (χ3n) is 8.49. The highest BCUT2D eigenvalue weighted by atomic mass is 19.1. The quantitative estimate of drug-likeness (QED) is 0.642. The number of hydrogen-bond acceptors (Lipinski definition) is 7. The number of rotatable bonds is 4. The second-order valence-corrected chi connectivity index (χ2v) is 10.8. The van der Waals surface area contributed by atoms with Crippen LogP contribution >= 0.6 is 0 Å². The maximum Gasteiger partial charge on any atom is 0.329 e. The van der Waals surface area contributed by atoms with Gasteiger partial charge < -0.3 is 14.5 Å². The van der Waals surface area contributed by atoms with Gasteiger partial charge in [0.05, 0.1) is 23.3 Å². The van der Waals surface area contributed by atoms with Gasteiger partial charge in [0.25, 0.3) is 0 Å². The summed E-state index contributed by atoms with van der Waals surface area (Å²) in [4.78, 5) is 44.3. The Labute approximate surface area is 220 Å². The number of halogens is 1. The lowest BCUT2D eigenvalue weighted by atomic mass is 9.88. The minimum absolute atomic E-state index is 0.00144. The van der Waals surface area contributed by atoms with Crippen LogP contribution in [0.25, 0.3) is 10.9 Å². The van der Waals surface area contributed by atoms with Crippen molar-refractivity contribution >= 4 is 40.3 Å². The molecule has 1 spiro atoms. The Kier molecular flexibility index (Phi) is 6.47. The average Bonchev–Trinajstić information content (AvgIpc) is 3.48. The lowest BCUT2D eigenvalue weighted by molar-refractivity contribution is -0.137. The molecule has 0 unspecified atom stereocenters. The molecule has 4 saturated heterocycles. The number of piperazine rings is 1. The van der Waals surface area contributed by atoms with Gasteiger partial charge in [-0.1, -0.05) is 0 Å². The van der Waals surface area contributed by atoms with E-state index in [9.17, 15) is 14.4 Å². The van der Waals surface area contributed by atoms with Crippen molar-refractivity contribution in [2.45, 2.75) is 37.7 Å². The van der Waals surface area contributed by atoms with E-state index >= 15 is 4.39 Å². The molecule has 4 aliphatic rings. The Morgan fingerprint density at radius 1 is 1.08 bits per heavy atom. The van der Waals surface area contributed by atoms with E-state index in [1.807, 2.05) is 9.80 Å². The van der Waals surface area contributed by atoms with Crippen molar-refractivity contribution in [3.05, 3.63) is 17.9 Å². The summed E-state index contributed by atoms with van der Waals surface area (Å²) in [6.07, 6.45) is 4.23. The molecule has 12 heteroatoms. The molecule has 38 heavy (non-hydrogen) atoms. The number of aromatic nitrogens is 2. The fourth-order valence-corrected chi connectivity index (χ4v) is 6.21. The second-order valence-electron chi connectivity index (χ2n) is 10.8. The van der Waals surface area contributed by atoms with Gasteiger partial charge in [-0.25, -0.2) is 9.18 Å². The first kappa shape index (κ1) is 25.1. The molecule has 0 aliphatic carbocycles. The van der Waals surface area contributed by atoms with Crippen molar-refractivity contribution in [2.75, 3.05) is 68.8 Å². The summed E-state index contributed by atoms with van der Waals surface area (Å²) >= 11 is 0. The molecule has 0 saturated carbocycles. The summed E-state index contributed by atoms with van der Waals surface area (Å²) in [6.45, 7) is 5.48. The van der Waals surface area contributed by atoms with Crippen LogP contribution in [-0.2, 0) is 21.4 Å². The third-order valence-corrected chi connectivity index (χ3v) is 8.49. The molecule has 1 aromatic heterocycles. The number of fused-ring (bicyclic) bond motifs is 1. The fraction of sp³-hybridized carbons (Fsp3) is 0.615. The molecule has 2 aromatic rings. The molecule has 0 radical (unpaired) electrons. The Bertz CT molecular complexity index is 1260. The van der Waals surface area contributed by atoms with E-state index in [4.69, 9.17) is 4.74 Å². The first-order valence-corrected chi connectivity index (χ1v) is 13.5. The Hall–Kier alpha value is -3.25. The molecule has 4 aliphatic heterocycles. The van der Waals surface area contributed by atoms with Crippen LogP contribution in [0.4, 0.5) is 20.7 Å². The Morgan fingerprint density at radius 3 is 2.53 bits per heavy atom. The predicted molar refractivity (Wildman–Crippen MR) is 139 cm³/mol. The van der Waals surface area contributed by atoms with E-state index < -0.39 is 6.03 Å². The zero-order valence-corrected chi connectivity index (χ0v) is 21.7. The number of amides is 4. The summed E-state index contributed by atoms with van der Waals surface area (Å²) < 4.78 is 23.0. The van der Waals surface area contributed by atoms with Crippen molar-refractivity contribution in [3.63, 3.8) is 0 Å². The van der Waals surface area contributed by atoms with Crippen LogP contribution in [0.1, 0.15) is 32.1 Å². The van der Waals surface area contributed by atoms with Gasteiger partial charge in [-0.05, 0) is 37.8 Å². The van der Waals surface area contributed by atoms with Crippen molar-refractivity contribution in [1.29, 1.82) is 0 Å². The number of piperidine rings is 1. The summed E-state index contributed by atoms with van der Waals surface area (Å²) in [6, 6.07) is 2.64. The first-order valence-electron chi connectivity index (χ1n) is 13.5. The van der Waals surface area contributed by atoms with Crippen molar-refractivity contribution in [2.24, 2.45) is 7.05 Å². The van der Waals surface area contributed by atoms with Gasteiger partial charge in [-0.2, -0.15) is 5.10 Å². The van der Waals surface area contributed by atoms with Gasteiger partial charge in [0.2, 0.25) is 11.8 Å². The highest BCUT2D eigenvalue weighted by molar-refractivity contribution is 6.09. The number of carbonyl (C=O) groups is 3. The maximum absolute atomic E-state index is 15.4. The van der Waals surface area contributed by atoms with Crippen LogP contribution in [0.5, 0.6) is 0 Å². The zero-order valence-electron chi connectivity index (χ0n) is 21.7. The molecule has 1 N–H and O–H groups in total. The van der Waals surface area contributed by atoms with Gasteiger partial charge in [-0.3, -0.25) is 29.4 Å². The largest absolute Gasteiger partial charge is 0.375 e. The van der Waals surface area contributed by atoms with Crippen LogP contribution in [0.15, 0.2) is 12.1 Å². The lowest BCUT2D eigenvalue weighted by Crippen LogP contribution is -2.52. The molecular formula is C26H34FN7O4. The van der Waals surface area contributed by atoms with Crippen LogP contribution in [-0.4, -0.2) is 102 Å². The minimum atomic E-state index is -0.549. The lowest BCUT2D eigenvalue weighted by Gasteiger charge is -2.40. The fourth-order valence-electron chi connectivity index (χ4n) is 6.21. The summed E-state index contributed by atoms with van der Waals surface area (Å²) in [5.41, 5.74) is 1.18. The van der Waals surface area contributed by atoms with E-state index in [1.54, 1.807) is 17.8 Å². The Morgan fingerprint density at radius 2 is 1.84 bits per heavy atom. The van der Waals surface area contributed by atoms with Crippen LogP contribution in [0.3, 0.4) is 0 Å². The smallest absolute Gasteiger partial charge is 0.329 e. The monoisotopic (exact) mass is 527 g/mol. The number of ether oxygens (including phenoxy) is 1. The SMILES string of the molecule is Cn1nc(N2CCC(=O)NC2=O)c2cc(F)c(N3CCN(CC(=O)N4CCC5(CCCO5)CC4)CC3)cc21. The Balaban J connectivity index is 1.09. The number of anilines is 2. The number of aryl methyl sites for hydroxylation is 1. The highest BCUT2D eigenvalue weighted by Crippen LogP contribution is 2.36. The zero-order chi connectivity index (χ0) is 26.4. The summed E-state index contributed by atoms with van der Waals surface area (Å²) in [5, 5.41) is 7.27. The number of urea groups is 1. The van der Waals surface area contributed by atoms with Crippen molar-refractivity contribution in [3.8, 4) is 0 Å². The second kappa shape index (κ2) is 9.81. The molecule has 5 heterocycles. The maximum atomic E-state index is 15.4. The standard InChI is InChI=1S/C26H34FN7O4/c1-30-20-16-21(19(27)15-18(20)24(29-30)34-7-3-22(35)28-25(34)37)32-12-10-31(11-13-32)17-23(36)33-8-5-26(6-9-33)4-2-14-38-26/h15-16H,2-14,17H2,1H3,(H,28,35,37). The molecule has 11 nitrogen and oxygen atoms in total. The molecular weight excluding hydrogens is 493 g/mol. The molecule has 4 fully saturated rings. The number of nitrogens with zero attached hydrogens (tertiary/aromatic N) is 6. The molecule has 6 rings (SSSR count). The van der Waals surface area contributed by atoms with Crippen LogP contribution < -0.4 is 15.1 Å². The van der Waals surface area contributed by atoms with Crippen molar-refractivity contribution < 1.29 is 23.5 Å². The number of likely N-dealkylation sites (tertiary alicyclic amines) is 1. The van der Waals surface area contributed by atoms with Gasteiger partial charge >= 0.3 is 6.03 Å². The highest BCUT2D eigenvalue weighted by Gasteiger charge is 2.39. The van der Waals surface area contributed by atoms with Crippen LogP contribution in [0.2, 0.25) is 0 Å². The number of imide groups is 1. The number of hydrogen-bond donors (Lipinski definition) is 1. The van der Waals surface area contributed by atoms with Crippen molar-refractivity contribution in [1.82, 2.24) is 24.9 Å². The van der Waals surface area contributed by atoms with Crippen LogP contribution in [0, 0.1) is 5.82 Å². The average molecular weight is 528 g/mol. The summed E-state index contributed by atoms with van der Waals surface area (Å²) in [5.74, 6) is -0.223. The predicted octanol–water partition coefficient (Wildman–Crippen LogP) is 1.45. The molecule has 204 valence electrons. The first-order chi connectivity index (χ1) is 18.3. The van der Waals surface area contributed by atoms with Gasteiger partial charge in [0.1, 0.15) is 5.82 Å². The molecule has 1 aromatic carbocycles. The van der Waals surface area contributed by atoms with E-state index in [2.05, 4.69) is 15.3 Å².